The van der Waals surface area contributed by atoms with Gasteiger partial charge >= 0.3 is 0 Å². The number of ether oxygens (including phenoxy) is 5. The molecule has 6 N–H and O–H groups in total. The van der Waals surface area contributed by atoms with Crippen LogP contribution >= 0.6 is 56.7 Å². The normalized spacial score (nSPS) is 16.3. The molecule has 5 aromatic carbocycles. The number of aliphatic hydroxyl groups excluding tert-OH is 5. The average Bonchev–Trinajstić information content (AvgIpc) is 1.61. The smallest absolute Gasteiger partial charge is 0.300 e. The summed E-state index contributed by atoms with van der Waals surface area (Å²) in [6, 6.07) is 45.9. The minimum Gasteiger partial charge on any atom is -0.503 e. The molecule has 0 fully saturated rings. The standard InChI is InChI=1S/5C20H17N3O5S.C2H4O2/c5*1-3-27-13-7-4-6-12(10-13)16-15(17(24)14-8-5-9-28-14)18(25)19(26)23(16)20-22-21-11(2)29-20;1-2(3)4/h5*4-10,16,25H,3H2,1-2H3;1H3,(H,3,4). The first-order chi connectivity index (χ1) is 71.8. The Morgan fingerprint density at radius 3 is 0.564 bits per heavy atom. The number of anilines is 5. The number of amides is 5. The number of benzene rings is 5. The van der Waals surface area contributed by atoms with Crippen LogP contribution in [0.3, 0.4) is 0 Å². The van der Waals surface area contributed by atoms with Crippen LogP contribution in [-0.4, -0.2) is 179 Å². The van der Waals surface area contributed by atoms with E-state index in [1.807, 2.05) is 34.6 Å². The summed E-state index contributed by atoms with van der Waals surface area (Å²) in [5, 5.41) is 105. The molecule has 764 valence electrons. The van der Waals surface area contributed by atoms with E-state index >= 15 is 0 Å². The number of aryl methyl sites for hydroxylation is 5. The van der Waals surface area contributed by atoms with E-state index in [1.54, 1.807) is 186 Å². The molecule has 47 heteroatoms. The zero-order chi connectivity index (χ0) is 106. The summed E-state index contributed by atoms with van der Waals surface area (Å²) >= 11 is 5.97. The van der Waals surface area contributed by atoms with E-state index in [1.165, 1.54) is 143 Å². The molecule has 0 saturated heterocycles. The molecule has 15 aromatic rings. The predicted octanol–water partition coefficient (Wildman–Crippen LogP) is 18.2. The second kappa shape index (κ2) is 46.9. The lowest BCUT2D eigenvalue weighted by molar-refractivity contribution is -0.134. The van der Waals surface area contributed by atoms with Crippen molar-refractivity contribution in [3.8, 4) is 28.7 Å². The average molecular weight is 2120 g/mol. The van der Waals surface area contributed by atoms with Gasteiger partial charge in [-0.25, -0.2) is 0 Å². The quantitative estimate of drug-likeness (QED) is 0.0228. The molecule has 0 spiro atoms. The van der Waals surface area contributed by atoms with Crippen molar-refractivity contribution >= 4 is 147 Å². The fraction of sp³-hybridized carbons (Fsp3) is 0.206. The third-order valence-corrected chi connectivity index (χ3v) is 26.2. The number of hydrogen-bond donors (Lipinski definition) is 6. The highest BCUT2D eigenvalue weighted by molar-refractivity contribution is 7.16. The third kappa shape index (κ3) is 22.7. The van der Waals surface area contributed by atoms with Gasteiger partial charge in [0.15, 0.2) is 57.6 Å². The van der Waals surface area contributed by atoms with Crippen LogP contribution < -0.4 is 48.2 Å². The summed E-state index contributed by atoms with van der Waals surface area (Å²) in [5.41, 5.74) is 2.58. The first-order valence-corrected chi connectivity index (χ1v) is 49.4. The molecule has 5 unspecified atom stereocenters. The fourth-order valence-corrected chi connectivity index (χ4v) is 19.6. The van der Waals surface area contributed by atoms with Gasteiger partial charge in [0.2, 0.25) is 54.6 Å². The molecule has 0 radical (unpaired) electrons. The molecule has 5 aliphatic rings. The number of ketones is 5. The highest BCUT2D eigenvalue weighted by Gasteiger charge is 2.53. The number of carbonyl (C=O) groups is 11. The molecule has 149 heavy (non-hydrogen) atoms. The van der Waals surface area contributed by atoms with Crippen LogP contribution in [0.2, 0.25) is 0 Å². The van der Waals surface area contributed by atoms with E-state index < -0.39 is 123 Å². The van der Waals surface area contributed by atoms with Crippen LogP contribution in [0.1, 0.15) is 177 Å². The Morgan fingerprint density at radius 2 is 0.436 bits per heavy atom. The van der Waals surface area contributed by atoms with Crippen LogP contribution in [0.4, 0.5) is 25.7 Å². The van der Waals surface area contributed by atoms with E-state index in [2.05, 4.69) is 51.0 Å². The molecular weight excluding hydrogens is 2030 g/mol. The fourth-order valence-electron chi connectivity index (χ4n) is 16.1. The first-order valence-electron chi connectivity index (χ1n) is 45.4. The van der Waals surface area contributed by atoms with Crippen LogP contribution in [0.25, 0.3) is 0 Å². The van der Waals surface area contributed by atoms with Crippen molar-refractivity contribution in [1.82, 2.24) is 51.0 Å². The number of rotatable bonds is 30. The minimum atomic E-state index is -0.896. The Hall–Kier alpha value is -17.8. The molecule has 10 aromatic heterocycles. The van der Waals surface area contributed by atoms with Gasteiger partial charge in [-0.1, -0.05) is 117 Å². The lowest BCUT2D eigenvalue weighted by Gasteiger charge is -2.24. The van der Waals surface area contributed by atoms with Gasteiger partial charge < -0.3 is 76.4 Å². The number of carboxylic acids is 1. The number of aliphatic carboxylic acids is 1. The van der Waals surface area contributed by atoms with Crippen molar-refractivity contribution in [3.05, 3.63) is 352 Å². The largest absolute Gasteiger partial charge is 0.503 e. The number of furan rings is 5. The number of nitrogens with zero attached hydrogens (tertiary/aromatic N) is 15. The van der Waals surface area contributed by atoms with Crippen molar-refractivity contribution in [2.75, 3.05) is 57.5 Å². The molecule has 0 bridgehead atoms. The maximum atomic E-state index is 13.1. The van der Waals surface area contributed by atoms with Gasteiger partial charge in [-0.15, -0.1) is 51.0 Å². The predicted molar refractivity (Wildman–Crippen MR) is 539 cm³/mol. The van der Waals surface area contributed by atoms with Crippen molar-refractivity contribution < 1.29 is 129 Å². The van der Waals surface area contributed by atoms with Gasteiger partial charge in [0.1, 0.15) is 53.8 Å². The highest BCUT2D eigenvalue weighted by atomic mass is 32.1. The molecule has 0 saturated carbocycles. The van der Waals surface area contributed by atoms with E-state index in [-0.39, 0.29) is 82.3 Å². The number of carboxylic acid groups (broad SMARTS) is 1. The maximum Gasteiger partial charge on any atom is 0.300 e. The zero-order valence-corrected chi connectivity index (χ0v) is 84.7. The molecular formula is C102H89N15O27S5. The minimum absolute atomic E-state index is 0.0283. The van der Waals surface area contributed by atoms with Crippen molar-refractivity contribution in [1.29, 1.82) is 0 Å². The Morgan fingerprint density at radius 1 is 0.275 bits per heavy atom. The summed E-state index contributed by atoms with van der Waals surface area (Å²) in [4.78, 5) is 146. The van der Waals surface area contributed by atoms with E-state index in [9.17, 15) is 73.5 Å². The van der Waals surface area contributed by atoms with Crippen molar-refractivity contribution in [2.45, 2.75) is 106 Å². The van der Waals surface area contributed by atoms with Crippen molar-refractivity contribution in [3.63, 3.8) is 0 Å². The number of aromatic nitrogens is 10. The van der Waals surface area contributed by atoms with Crippen LogP contribution in [-0.2, 0) is 28.8 Å². The van der Waals surface area contributed by atoms with Crippen LogP contribution in [0.5, 0.6) is 28.7 Å². The SMILES string of the molecule is CC(=O)O.CCOc1cccc(C2C(C(=O)c3ccco3)=C(O)C(=O)N2c2nnc(C)s2)c1.CCOc1cccc(C2C(C(=O)c3ccco3)=C(O)C(=O)N2c2nnc(C)s2)c1.CCOc1cccc(C2C(C(=O)c3ccco3)=C(O)C(=O)N2c2nnc(C)s2)c1.CCOc1cccc(C2C(C(=O)c3ccco3)=C(O)C(=O)N2c2nnc(C)s2)c1.CCOc1cccc(C2C(C(=O)c3ccco3)=C(O)C(=O)N2c2nnc(C)s2)c1. The monoisotopic (exact) mass is 2120 g/mol. The van der Waals surface area contributed by atoms with E-state index in [0.29, 0.717) is 115 Å². The maximum absolute atomic E-state index is 13.1. The third-order valence-electron chi connectivity index (χ3n) is 22.0. The molecule has 42 nitrogen and oxygen atoms in total. The summed E-state index contributed by atoms with van der Waals surface area (Å²) in [6.45, 7) is 21.5. The molecule has 5 aliphatic heterocycles. The number of aliphatic hydroxyl groups is 5. The van der Waals surface area contributed by atoms with Crippen LogP contribution in [0, 0.1) is 34.6 Å². The van der Waals surface area contributed by atoms with Gasteiger partial charge in [0.05, 0.1) is 122 Å². The Bertz CT molecular complexity index is 6660. The highest BCUT2D eigenvalue weighted by Crippen LogP contribution is 2.51. The molecule has 15 heterocycles. The van der Waals surface area contributed by atoms with E-state index in [4.69, 9.17) is 55.7 Å². The summed E-state index contributed by atoms with van der Waals surface area (Å²) in [6.07, 6.45) is 6.80. The van der Waals surface area contributed by atoms with Gasteiger partial charge in [-0.05, 0) is 218 Å². The summed E-state index contributed by atoms with van der Waals surface area (Å²) in [7, 11) is 0. The second-order valence-corrected chi connectivity index (χ2v) is 37.6. The van der Waals surface area contributed by atoms with E-state index in [0.717, 1.165) is 6.92 Å². The van der Waals surface area contributed by atoms with Gasteiger partial charge in [0.25, 0.3) is 35.5 Å². The van der Waals surface area contributed by atoms with Gasteiger partial charge in [0, 0.05) is 6.92 Å². The lowest BCUT2D eigenvalue weighted by Crippen LogP contribution is -2.31. The van der Waals surface area contributed by atoms with Crippen LogP contribution in [0.15, 0.2) is 292 Å². The Kier molecular flexibility index (Phi) is 33.2. The molecule has 20 rings (SSSR count). The second-order valence-electron chi connectivity index (χ2n) is 31.8. The first kappa shape index (κ1) is 105. The van der Waals surface area contributed by atoms with Gasteiger partial charge in [-0.2, -0.15) is 0 Å². The Balaban J connectivity index is 0.000000138. The number of carbonyl (C=O) groups excluding carboxylic acids is 10. The summed E-state index contributed by atoms with van der Waals surface area (Å²) < 4.78 is 53.9. The number of hydrogen-bond acceptors (Lipinski definition) is 41. The topological polar surface area (TPSA) is 566 Å². The Labute approximate surface area is 865 Å². The number of Topliss-reactive ketones (excluding diaryl/α,β-unsaturated/α-hetero) is 5. The van der Waals surface area contributed by atoms with Gasteiger partial charge in [-0.3, -0.25) is 77.2 Å². The van der Waals surface area contributed by atoms with Crippen molar-refractivity contribution in [2.24, 2.45) is 0 Å². The lowest BCUT2D eigenvalue weighted by atomic mass is 9.95. The molecule has 5 atom stereocenters. The molecule has 5 amide bonds. The zero-order valence-electron chi connectivity index (χ0n) is 80.6. The molecule has 0 aliphatic carbocycles. The summed E-state index contributed by atoms with van der Waals surface area (Å²) in [5.74, 6) is -7.39.